The van der Waals surface area contributed by atoms with Crippen LogP contribution in [0.1, 0.15) is 12.5 Å². The topological polar surface area (TPSA) is 66.3 Å². The molecule has 0 aliphatic heterocycles. The Bertz CT molecular complexity index is 322. The molecule has 1 aromatic rings. The summed E-state index contributed by atoms with van der Waals surface area (Å²) in [4.78, 5) is 11.3. The molecule has 0 fully saturated rings. The number of aliphatic hydroxyl groups excluding tert-OH is 1. The highest BCUT2D eigenvalue weighted by Gasteiger charge is 2.04. The van der Waals surface area contributed by atoms with Gasteiger partial charge in [-0.1, -0.05) is 0 Å². The predicted molar refractivity (Wildman–Crippen MR) is 57.3 cm³/mol. The largest absolute Gasteiger partial charge is 0.394 e. The van der Waals surface area contributed by atoms with Gasteiger partial charge in [0.1, 0.15) is 0 Å². The van der Waals surface area contributed by atoms with Crippen LogP contribution in [0.3, 0.4) is 0 Å². The van der Waals surface area contributed by atoms with E-state index in [0.29, 0.717) is 6.54 Å². The fourth-order valence-corrected chi connectivity index (χ4v) is 1.17. The number of urea groups is 1. The van der Waals surface area contributed by atoms with E-state index in [1.54, 1.807) is 6.92 Å². The highest BCUT2D eigenvalue weighted by molar-refractivity contribution is 5.74. The molecule has 0 aliphatic carbocycles. The van der Waals surface area contributed by atoms with Gasteiger partial charge in [-0.15, -0.1) is 0 Å². The SMILES string of the molecule is C[C@@H](CO)NC(=O)NCc1ccn(C)c1. The molecule has 0 aliphatic rings. The lowest BCUT2D eigenvalue weighted by molar-refractivity contribution is 0.220. The molecule has 0 bridgehead atoms. The first-order valence-electron chi connectivity index (χ1n) is 4.88. The standard InChI is InChI=1S/C10H17N3O2/c1-8(7-14)12-10(15)11-5-9-3-4-13(2)6-9/h3-4,6,8,14H,5,7H2,1-2H3,(H2,11,12,15)/t8-/m0/s1. The van der Waals surface area contributed by atoms with E-state index in [4.69, 9.17) is 5.11 Å². The third-order valence-electron chi connectivity index (χ3n) is 2.00. The van der Waals surface area contributed by atoms with Gasteiger partial charge in [0, 0.05) is 26.0 Å². The maximum Gasteiger partial charge on any atom is 0.315 e. The van der Waals surface area contributed by atoms with Crippen molar-refractivity contribution in [1.29, 1.82) is 0 Å². The highest BCUT2D eigenvalue weighted by atomic mass is 16.3. The van der Waals surface area contributed by atoms with Crippen LogP contribution in [0, 0.1) is 0 Å². The first-order valence-corrected chi connectivity index (χ1v) is 4.88. The van der Waals surface area contributed by atoms with Crippen LogP contribution < -0.4 is 10.6 Å². The third-order valence-corrected chi connectivity index (χ3v) is 2.00. The normalized spacial score (nSPS) is 12.2. The Labute approximate surface area is 89.1 Å². The molecule has 1 rings (SSSR count). The van der Waals surface area contributed by atoms with Crippen LogP contribution in [0.25, 0.3) is 0 Å². The number of carbonyl (C=O) groups excluding carboxylic acids is 1. The minimum absolute atomic E-state index is 0.0568. The van der Waals surface area contributed by atoms with Crippen molar-refractivity contribution < 1.29 is 9.90 Å². The summed E-state index contributed by atoms with van der Waals surface area (Å²) in [6.45, 7) is 2.17. The lowest BCUT2D eigenvalue weighted by atomic mass is 10.3. The van der Waals surface area contributed by atoms with Crippen molar-refractivity contribution in [2.24, 2.45) is 7.05 Å². The number of amides is 2. The summed E-state index contributed by atoms with van der Waals surface area (Å²) in [5, 5.41) is 14.0. The van der Waals surface area contributed by atoms with E-state index >= 15 is 0 Å². The van der Waals surface area contributed by atoms with Crippen molar-refractivity contribution in [3.8, 4) is 0 Å². The fraction of sp³-hybridized carbons (Fsp3) is 0.500. The lowest BCUT2D eigenvalue weighted by Crippen LogP contribution is -2.41. The molecule has 5 nitrogen and oxygen atoms in total. The first-order chi connectivity index (χ1) is 7.11. The van der Waals surface area contributed by atoms with Crippen LogP contribution in [0.15, 0.2) is 18.5 Å². The molecule has 0 aromatic carbocycles. The van der Waals surface area contributed by atoms with E-state index < -0.39 is 0 Å². The number of carbonyl (C=O) groups is 1. The second kappa shape index (κ2) is 5.41. The molecule has 0 saturated heterocycles. The van der Waals surface area contributed by atoms with Crippen molar-refractivity contribution in [3.63, 3.8) is 0 Å². The number of hydrogen-bond donors (Lipinski definition) is 3. The third kappa shape index (κ3) is 4.03. The second-order valence-electron chi connectivity index (χ2n) is 3.60. The molecular weight excluding hydrogens is 194 g/mol. The summed E-state index contributed by atoms with van der Waals surface area (Å²) in [6.07, 6.45) is 3.86. The van der Waals surface area contributed by atoms with E-state index in [2.05, 4.69) is 10.6 Å². The Morgan fingerprint density at radius 3 is 2.93 bits per heavy atom. The van der Waals surface area contributed by atoms with Crippen LogP contribution in [-0.2, 0) is 13.6 Å². The Hall–Kier alpha value is -1.49. The van der Waals surface area contributed by atoms with E-state index in [-0.39, 0.29) is 18.7 Å². The van der Waals surface area contributed by atoms with Crippen molar-refractivity contribution in [2.45, 2.75) is 19.5 Å². The smallest absolute Gasteiger partial charge is 0.315 e. The Morgan fingerprint density at radius 1 is 1.67 bits per heavy atom. The number of aryl methyl sites for hydroxylation is 1. The number of aromatic nitrogens is 1. The number of aliphatic hydroxyl groups is 1. The van der Waals surface area contributed by atoms with Gasteiger partial charge in [-0.25, -0.2) is 4.79 Å². The zero-order valence-electron chi connectivity index (χ0n) is 9.03. The van der Waals surface area contributed by atoms with Crippen molar-refractivity contribution in [1.82, 2.24) is 15.2 Å². The van der Waals surface area contributed by atoms with Gasteiger partial charge in [-0.2, -0.15) is 0 Å². The van der Waals surface area contributed by atoms with E-state index in [1.165, 1.54) is 0 Å². The maximum absolute atomic E-state index is 11.3. The van der Waals surface area contributed by atoms with E-state index in [9.17, 15) is 4.79 Å². The number of hydrogen-bond acceptors (Lipinski definition) is 2. The second-order valence-corrected chi connectivity index (χ2v) is 3.60. The molecule has 0 spiro atoms. The molecular formula is C10H17N3O2. The molecule has 0 radical (unpaired) electrons. The van der Waals surface area contributed by atoms with Gasteiger partial charge in [0.2, 0.25) is 0 Å². The van der Waals surface area contributed by atoms with Gasteiger partial charge in [0.25, 0.3) is 0 Å². The van der Waals surface area contributed by atoms with Crippen molar-refractivity contribution >= 4 is 6.03 Å². The molecule has 1 aromatic heterocycles. The fourth-order valence-electron chi connectivity index (χ4n) is 1.17. The molecule has 1 atom stereocenters. The summed E-state index contributed by atoms with van der Waals surface area (Å²) < 4.78 is 1.92. The van der Waals surface area contributed by atoms with Gasteiger partial charge in [0.05, 0.1) is 12.6 Å². The van der Waals surface area contributed by atoms with Crippen LogP contribution in [-0.4, -0.2) is 28.4 Å². The number of nitrogens with zero attached hydrogens (tertiary/aromatic N) is 1. The quantitative estimate of drug-likeness (QED) is 0.666. The minimum atomic E-state index is -0.264. The van der Waals surface area contributed by atoms with Gasteiger partial charge < -0.3 is 20.3 Å². The zero-order chi connectivity index (χ0) is 11.3. The van der Waals surface area contributed by atoms with Gasteiger partial charge in [-0.05, 0) is 18.6 Å². The lowest BCUT2D eigenvalue weighted by Gasteiger charge is -2.11. The molecule has 0 unspecified atom stereocenters. The molecule has 1 heterocycles. The van der Waals surface area contributed by atoms with Gasteiger partial charge in [0.15, 0.2) is 0 Å². The molecule has 84 valence electrons. The van der Waals surface area contributed by atoms with Crippen LogP contribution >= 0.6 is 0 Å². The molecule has 3 N–H and O–H groups in total. The average molecular weight is 211 g/mol. The highest BCUT2D eigenvalue weighted by Crippen LogP contribution is 1.98. The monoisotopic (exact) mass is 211 g/mol. The minimum Gasteiger partial charge on any atom is -0.394 e. The Kier molecular flexibility index (Phi) is 4.17. The average Bonchev–Trinajstić information content (AvgIpc) is 2.61. The summed E-state index contributed by atoms with van der Waals surface area (Å²) in [7, 11) is 1.93. The molecule has 15 heavy (non-hydrogen) atoms. The zero-order valence-corrected chi connectivity index (χ0v) is 9.03. The number of rotatable bonds is 4. The van der Waals surface area contributed by atoms with Crippen molar-refractivity contribution in [3.05, 3.63) is 24.0 Å². The summed E-state index contributed by atoms with van der Waals surface area (Å²) in [5.74, 6) is 0. The van der Waals surface area contributed by atoms with Gasteiger partial charge >= 0.3 is 6.03 Å². The first kappa shape index (κ1) is 11.6. The van der Waals surface area contributed by atoms with Crippen LogP contribution in [0.2, 0.25) is 0 Å². The Balaban J connectivity index is 2.28. The number of nitrogens with one attached hydrogen (secondary N) is 2. The Morgan fingerprint density at radius 2 is 2.40 bits per heavy atom. The van der Waals surface area contributed by atoms with Gasteiger partial charge in [-0.3, -0.25) is 0 Å². The predicted octanol–water partition coefficient (Wildman–Crippen LogP) is 0.205. The van der Waals surface area contributed by atoms with Crippen molar-refractivity contribution in [2.75, 3.05) is 6.61 Å². The van der Waals surface area contributed by atoms with Crippen LogP contribution in [0.5, 0.6) is 0 Å². The van der Waals surface area contributed by atoms with E-state index in [1.807, 2.05) is 30.1 Å². The molecule has 2 amide bonds. The summed E-state index contributed by atoms with van der Waals surface area (Å²) in [5.41, 5.74) is 1.05. The summed E-state index contributed by atoms with van der Waals surface area (Å²) in [6, 6.07) is 1.46. The summed E-state index contributed by atoms with van der Waals surface area (Å²) >= 11 is 0. The van der Waals surface area contributed by atoms with E-state index in [0.717, 1.165) is 5.56 Å². The van der Waals surface area contributed by atoms with Crippen LogP contribution in [0.4, 0.5) is 4.79 Å². The molecule has 5 heteroatoms. The maximum atomic E-state index is 11.3. The molecule has 0 saturated carbocycles.